The molecule has 8 nitrogen and oxygen atoms in total. The summed E-state index contributed by atoms with van der Waals surface area (Å²) < 4.78 is 0. The maximum atomic E-state index is 11.6. The number of nitro groups is 1. The highest BCUT2D eigenvalue weighted by atomic mass is 32.2. The van der Waals surface area contributed by atoms with Crippen molar-refractivity contribution >= 4 is 34.4 Å². The van der Waals surface area contributed by atoms with Crippen LogP contribution in [0.5, 0.6) is 0 Å². The average molecular weight is 308 g/mol. The van der Waals surface area contributed by atoms with Gasteiger partial charge in [0.05, 0.1) is 4.92 Å². The molecule has 0 saturated carbocycles. The standard InChI is InChI=1S/C12H12N4O4S/c1-7(17)13-12-14-15(8(2)18)11(21-12)9-3-5-10(6-4-9)16(19)20/h3-6,11H,1-2H3,(H,13,14,17)/t11-/m0/s1. The molecule has 0 spiro atoms. The van der Waals surface area contributed by atoms with Gasteiger partial charge in [-0.25, -0.2) is 5.01 Å². The van der Waals surface area contributed by atoms with Crippen LogP contribution in [0, 0.1) is 10.1 Å². The Kier molecular flexibility index (Phi) is 4.22. The van der Waals surface area contributed by atoms with Gasteiger partial charge in [0.1, 0.15) is 5.37 Å². The number of nitrogens with zero attached hydrogens (tertiary/aromatic N) is 3. The molecule has 9 heteroatoms. The van der Waals surface area contributed by atoms with E-state index in [1.54, 1.807) is 12.1 Å². The molecule has 21 heavy (non-hydrogen) atoms. The molecule has 1 aromatic rings. The maximum Gasteiger partial charge on any atom is 0.269 e. The van der Waals surface area contributed by atoms with Crippen LogP contribution < -0.4 is 5.32 Å². The van der Waals surface area contributed by atoms with E-state index in [0.29, 0.717) is 10.7 Å². The van der Waals surface area contributed by atoms with E-state index < -0.39 is 10.3 Å². The first-order valence-corrected chi connectivity index (χ1v) is 6.83. The first-order chi connectivity index (χ1) is 9.88. The molecule has 1 aromatic carbocycles. The van der Waals surface area contributed by atoms with E-state index in [0.717, 1.165) is 0 Å². The van der Waals surface area contributed by atoms with E-state index in [9.17, 15) is 19.7 Å². The van der Waals surface area contributed by atoms with Crippen molar-refractivity contribution in [3.05, 3.63) is 39.9 Å². The van der Waals surface area contributed by atoms with E-state index in [4.69, 9.17) is 0 Å². The number of rotatable bonds is 2. The number of carbonyl (C=O) groups is 2. The fourth-order valence-electron chi connectivity index (χ4n) is 1.74. The summed E-state index contributed by atoms with van der Waals surface area (Å²) >= 11 is 1.20. The summed E-state index contributed by atoms with van der Waals surface area (Å²) in [5.41, 5.74) is 0.657. The van der Waals surface area contributed by atoms with E-state index in [2.05, 4.69) is 10.4 Å². The second kappa shape index (κ2) is 5.92. The minimum absolute atomic E-state index is 0.0286. The van der Waals surface area contributed by atoms with Crippen LogP contribution in [-0.4, -0.2) is 26.9 Å². The molecule has 110 valence electrons. The lowest BCUT2D eigenvalue weighted by molar-refractivity contribution is -0.384. The molecule has 1 aliphatic heterocycles. The highest BCUT2D eigenvalue weighted by Gasteiger charge is 2.32. The van der Waals surface area contributed by atoms with Crippen molar-refractivity contribution in [3.63, 3.8) is 0 Å². The lowest BCUT2D eigenvalue weighted by atomic mass is 10.2. The summed E-state index contributed by atoms with van der Waals surface area (Å²) in [6, 6.07) is 5.87. The minimum atomic E-state index is -0.493. The van der Waals surface area contributed by atoms with E-state index >= 15 is 0 Å². The van der Waals surface area contributed by atoms with Gasteiger partial charge in [0.2, 0.25) is 11.8 Å². The highest BCUT2D eigenvalue weighted by Crippen LogP contribution is 2.38. The Morgan fingerprint density at radius 1 is 1.33 bits per heavy atom. The van der Waals surface area contributed by atoms with Crippen LogP contribution in [0.15, 0.2) is 29.4 Å². The van der Waals surface area contributed by atoms with Crippen molar-refractivity contribution in [1.29, 1.82) is 0 Å². The number of hydrazone groups is 1. The molecule has 0 radical (unpaired) electrons. The van der Waals surface area contributed by atoms with Gasteiger partial charge in [-0.05, 0) is 17.7 Å². The van der Waals surface area contributed by atoms with Gasteiger partial charge in [0.15, 0.2) is 5.17 Å². The van der Waals surface area contributed by atoms with Gasteiger partial charge in [-0.3, -0.25) is 19.7 Å². The molecule has 1 atom stereocenters. The first kappa shape index (κ1) is 15.0. The molecule has 0 bridgehead atoms. The van der Waals surface area contributed by atoms with Gasteiger partial charge in [-0.1, -0.05) is 11.8 Å². The molecule has 0 saturated heterocycles. The molecule has 0 unspecified atom stereocenters. The monoisotopic (exact) mass is 308 g/mol. The number of amides is 2. The van der Waals surface area contributed by atoms with Crippen molar-refractivity contribution in [3.8, 4) is 0 Å². The molecule has 1 aliphatic rings. The molecule has 0 aromatic heterocycles. The van der Waals surface area contributed by atoms with Gasteiger partial charge in [-0.15, -0.1) is 5.10 Å². The van der Waals surface area contributed by atoms with Crippen LogP contribution in [0.1, 0.15) is 24.8 Å². The Balaban J connectivity index is 2.24. The third kappa shape index (κ3) is 3.37. The largest absolute Gasteiger partial charge is 0.304 e. The van der Waals surface area contributed by atoms with Crippen LogP contribution in [-0.2, 0) is 9.59 Å². The Morgan fingerprint density at radius 3 is 2.43 bits per heavy atom. The van der Waals surface area contributed by atoms with Crippen molar-refractivity contribution in [1.82, 2.24) is 10.3 Å². The van der Waals surface area contributed by atoms with E-state index in [1.165, 1.54) is 42.8 Å². The average Bonchev–Trinajstić information content (AvgIpc) is 2.82. The number of carbonyl (C=O) groups excluding carboxylic acids is 2. The van der Waals surface area contributed by atoms with Crippen LogP contribution in [0.25, 0.3) is 0 Å². The molecule has 1 heterocycles. The van der Waals surface area contributed by atoms with E-state index in [-0.39, 0.29) is 17.5 Å². The zero-order chi connectivity index (χ0) is 15.6. The first-order valence-electron chi connectivity index (χ1n) is 5.95. The zero-order valence-corrected chi connectivity index (χ0v) is 12.1. The lowest BCUT2D eigenvalue weighted by Crippen LogP contribution is -2.25. The summed E-state index contributed by atoms with van der Waals surface area (Å²) in [5, 5.41) is 18.3. The molecular formula is C12H12N4O4S. The van der Waals surface area contributed by atoms with Gasteiger partial charge < -0.3 is 5.32 Å². The number of nitro benzene ring substituents is 1. The Labute approximate surface area is 124 Å². The zero-order valence-electron chi connectivity index (χ0n) is 11.3. The second-order valence-electron chi connectivity index (χ2n) is 4.27. The summed E-state index contributed by atoms with van der Waals surface area (Å²) in [5.74, 6) is -0.569. The number of hydrogen-bond donors (Lipinski definition) is 1. The number of nitrogens with one attached hydrogen (secondary N) is 1. The van der Waals surface area contributed by atoms with Gasteiger partial charge in [0.25, 0.3) is 5.69 Å². The van der Waals surface area contributed by atoms with Gasteiger partial charge in [-0.2, -0.15) is 0 Å². The van der Waals surface area contributed by atoms with Crippen molar-refractivity contribution in [2.24, 2.45) is 5.10 Å². The molecule has 0 fully saturated rings. The summed E-state index contributed by atoms with van der Waals surface area (Å²) in [6.45, 7) is 2.71. The van der Waals surface area contributed by atoms with Crippen molar-refractivity contribution in [2.75, 3.05) is 0 Å². The maximum absolute atomic E-state index is 11.6. The number of hydrogen-bond acceptors (Lipinski definition) is 6. The predicted octanol–water partition coefficient (Wildman–Crippen LogP) is 1.60. The Morgan fingerprint density at radius 2 is 1.95 bits per heavy atom. The normalized spacial score (nSPS) is 17.3. The third-order valence-corrected chi connectivity index (χ3v) is 3.74. The van der Waals surface area contributed by atoms with Crippen LogP contribution in [0.4, 0.5) is 5.69 Å². The SMILES string of the molecule is CC(=O)NC1=NN(C(C)=O)[C@H](c2ccc([N+](=O)[O-])cc2)S1. The summed E-state index contributed by atoms with van der Waals surface area (Å²) in [4.78, 5) is 32.8. The summed E-state index contributed by atoms with van der Waals surface area (Å²) in [7, 11) is 0. The van der Waals surface area contributed by atoms with Crippen molar-refractivity contribution < 1.29 is 14.5 Å². The highest BCUT2D eigenvalue weighted by molar-refractivity contribution is 8.14. The molecule has 0 aliphatic carbocycles. The fraction of sp³-hybridized carbons (Fsp3) is 0.250. The molecular weight excluding hydrogens is 296 g/mol. The topological polar surface area (TPSA) is 105 Å². The number of non-ortho nitro benzene ring substituents is 1. The van der Waals surface area contributed by atoms with Crippen LogP contribution in [0.3, 0.4) is 0 Å². The number of thioether (sulfide) groups is 1. The fourth-order valence-corrected chi connectivity index (χ4v) is 2.88. The third-order valence-electron chi connectivity index (χ3n) is 2.64. The Bertz CT molecular complexity index is 629. The van der Waals surface area contributed by atoms with Crippen LogP contribution in [0.2, 0.25) is 0 Å². The summed E-state index contributed by atoms with van der Waals surface area (Å²) in [6.07, 6.45) is 0. The quantitative estimate of drug-likeness (QED) is 0.660. The van der Waals surface area contributed by atoms with E-state index in [1.807, 2.05) is 0 Å². The Hall–Kier alpha value is -2.42. The molecule has 2 amide bonds. The number of benzene rings is 1. The smallest absolute Gasteiger partial charge is 0.269 e. The minimum Gasteiger partial charge on any atom is -0.304 e. The van der Waals surface area contributed by atoms with Gasteiger partial charge >= 0.3 is 0 Å². The molecule has 1 N–H and O–H groups in total. The van der Waals surface area contributed by atoms with Crippen molar-refractivity contribution in [2.45, 2.75) is 19.2 Å². The van der Waals surface area contributed by atoms with Crippen LogP contribution >= 0.6 is 11.8 Å². The number of amidine groups is 1. The van der Waals surface area contributed by atoms with Gasteiger partial charge in [0, 0.05) is 26.0 Å². The molecule has 2 rings (SSSR count). The lowest BCUT2D eigenvalue weighted by Gasteiger charge is -2.18. The predicted molar refractivity (Wildman–Crippen MR) is 77.2 cm³/mol. The second-order valence-corrected chi connectivity index (χ2v) is 5.34.